The molecule has 0 N–H and O–H groups in total. The SMILES string of the molecule is Cc1cc(C(F)=Cc2ccc(C(C)(C)C(F)(F)F)cc2)nn1Cc1cccc(C=O)c1. The van der Waals surface area contributed by atoms with Crippen molar-refractivity contribution in [3.05, 3.63) is 88.2 Å². The van der Waals surface area contributed by atoms with Gasteiger partial charge >= 0.3 is 6.18 Å². The summed E-state index contributed by atoms with van der Waals surface area (Å²) in [5.41, 5.74) is 0.812. The second-order valence-corrected chi connectivity index (χ2v) is 7.93. The summed E-state index contributed by atoms with van der Waals surface area (Å²) in [6.07, 6.45) is -2.39. The Morgan fingerprint density at radius 3 is 2.32 bits per heavy atom. The number of rotatable bonds is 6. The monoisotopic (exact) mass is 430 g/mol. The lowest BCUT2D eigenvalue weighted by Crippen LogP contribution is -2.36. The van der Waals surface area contributed by atoms with Crippen molar-refractivity contribution in [2.45, 2.75) is 38.9 Å². The maximum Gasteiger partial charge on any atom is 0.397 e. The van der Waals surface area contributed by atoms with E-state index in [1.807, 2.05) is 6.07 Å². The number of aromatic nitrogens is 2. The van der Waals surface area contributed by atoms with Crippen LogP contribution in [0, 0.1) is 6.92 Å². The van der Waals surface area contributed by atoms with Gasteiger partial charge in [0.15, 0.2) is 5.83 Å². The molecule has 0 saturated carbocycles. The van der Waals surface area contributed by atoms with Gasteiger partial charge in [-0.3, -0.25) is 9.48 Å². The van der Waals surface area contributed by atoms with Gasteiger partial charge in [-0.05, 0) is 55.7 Å². The fourth-order valence-corrected chi connectivity index (χ4v) is 3.10. The Morgan fingerprint density at radius 1 is 1.03 bits per heavy atom. The number of hydrogen-bond donors (Lipinski definition) is 0. The molecule has 0 saturated heterocycles. The Hall–Kier alpha value is -3.22. The molecule has 0 aliphatic carbocycles. The van der Waals surface area contributed by atoms with E-state index in [0.29, 0.717) is 17.7 Å². The summed E-state index contributed by atoms with van der Waals surface area (Å²) in [6, 6.07) is 14.3. The fourth-order valence-electron chi connectivity index (χ4n) is 3.10. The van der Waals surface area contributed by atoms with Crippen molar-refractivity contribution in [1.82, 2.24) is 9.78 Å². The lowest BCUT2D eigenvalue weighted by atomic mass is 9.83. The van der Waals surface area contributed by atoms with Crippen molar-refractivity contribution < 1.29 is 22.4 Å². The molecule has 1 heterocycles. The number of nitrogens with zero attached hydrogens (tertiary/aromatic N) is 2. The summed E-state index contributed by atoms with van der Waals surface area (Å²) in [6.45, 7) is 4.39. The van der Waals surface area contributed by atoms with Gasteiger partial charge in [0.1, 0.15) is 12.0 Å². The maximum absolute atomic E-state index is 14.8. The second-order valence-electron chi connectivity index (χ2n) is 7.93. The zero-order valence-electron chi connectivity index (χ0n) is 17.4. The summed E-state index contributed by atoms with van der Waals surface area (Å²) in [5.74, 6) is -0.591. The largest absolute Gasteiger partial charge is 0.397 e. The molecule has 3 nitrogen and oxygen atoms in total. The summed E-state index contributed by atoms with van der Waals surface area (Å²) in [4.78, 5) is 10.9. The molecule has 0 atom stereocenters. The van der Waals surface area contributed by atoms with Crippen LogP contribution < -0.4 is 0 Å². The normalized spacial score (nSPS) is 12.8. The van der Waals surface area contributed by atoms with Crippen LogP contribution in [0.2, 0.25) is 0 Å². The Balaban J connectivity index is 1.81. The third-order valence-electron chi connectivity index (χ3n) is 5.28. The molecule has 3 aromatic rings. The third-order valence-corrected chi connectivity index (χ3v) is 5.28. The van der Waals surface area contributed by atoms with E-state index >= 15 is 0 Å². The zero-order chi connectivity index (χ0) is 22.8. The van der Waals surface area contributed by atoms with Gasteiger partial charge in [0.2, 0.25) is 0 Å². The van der Waals surface area contributed by atoms with Crippen LogP contribution in [-0.4, -0.2) is 22.2 Å². The van der Waals surface area contributed by atoms with Crippen LogP contribution in [0.1, 0.15) is 52.3 Å². The van der Waals surface area contributed by atoms with Gasteiger partial charge in [0, 0.05) is 11.3 Å². The van der Waals surface area contributed by atoms with E-state index in [2.05, 4.69) is 5.10 Å². The first-order valence-corrected chi connectivity index (χ1v) is 9.64. The fraction of sp³-hybridized carbons (Fsp3) is 0.250. The van der Waals surface area contributed by atoms with Crippen molar-refractivity contribution in [2.75, 3.05) is 0 Å². The number of alkyl halides is 3. The molecule has 0 amide bonds. The average molecular weight is 430 g/mol. The first-order valence-electron chi connectivity index (χ1n) is 9.64. The van der Waals surface area contributed by atoms with Gasteiger partial charge < -0.3 is 0 Å². The van der Waals surface area contributed by atoms with Gasteiger partial charge in [-0.15, -0.1) is 0 Å². The van der Waals surface area contributed by atoms with Crippen molar-refractivity contribution in [3.63, 3.8) is 0 Å². The van der Waals surface area contributed by atoms with Crippen molar-refractivity contribution >= 4 is 18.2 Å². The topological polar surface area (TPSA) is 34.9 Å². The Morgan fingerprint density at radius 2 is 1.71 bits per heavy atom. The third kappa shape index (κ3) is 4.93. The van der Waals surface area contributed by atoms with Crippen LogP contribution in [0.4, 0.5) is 17.6 Å². The van der Waals surface area contributed by atoms with E-state index in [0.717, 1.165) is 31.4 Å². The van der Waals surface area contributed by atoms with Gasteiger partial charge in [0.05, 0.1) is 12.0 Å². The molecule has 162 valence electrons. The van der Waals surface area contributed by atoms with E-state index in [1.54, 1.807) is 35.9 Å². The summed E-state index contributed by atoms with van der Waals surface area (Å²) in [5, 5.41) is 4.28. The van der Waals surface area contributed by atoms with Crippen LogP contribution in [0.25, 0.3) is 11.9 Å². The standard InChI is InChI=1S/C24H22F4N2O/c1-16-11-22(29-30(16)14-18-5-4-6-19(12-18)15-31)21(25)13-17-7-9-20(10-8-17)23(2,3)24(26,27)28/h4-13,15H,14H2,1-3H3. The minimum absolute atomic E-state index is 0.107. The lowest BCUT2D eigenvalue weighted by molar-refractivity contribution is -0.180. The van der Waals surface area contributed by atoms with Gasteiger partial charge in [-0.1, -0.05) is 42.5 Å². The van der Waals surface area contributed by atoms with Crippen LogP contribution >= 0.6 is 0 Å². The highest BCUT2D eigenvalue weighted by Crippen LogP contribution is 2.40. The number of carbonyl (C=O) groups excluding carboxylic acids is 1. The molecule has 7 heteroatoms. The smallest absolute Gasteiger partial charge is 0.298 e. The number of aryl methyl sites for hydroxylation is 1. The number of aldehydes is 1. The molecule has 0 bridgehead atoms. The molecule has 31 heavy (non-hydrogen) atoms. The zero-order valence-corrected chi connectivity index (χ0v) is 17.4. The second kappa shape index (κ2) is 8.49. The summed E-state index contributed by atoms with van der Waals surface area (Å²) < 4.78 is 56.0. The van der Waals surface area contributed by atoms with Crippen LogP contribution in [0.15, 0.2) is 54.6 Å². The molecule has 0 aliphatic rings. The minimum Gasteiger partial charge on any atom is -0.298 e. The summed E-state index contributed by atoms with van der Waals surface area (Å²) in [7, 11) is 0. The lowest BCUT2D eigenvalue weighted by Gasteiger charge is -2.28. The molecule has 1 aromatic heterocycles. The van der Waals surface area contributed by atoms with E-state index in [-0.39, 0.29) is 11.3 Å². The van der Waals surface area contributed by atoms with Gasteiger partial charge in [-0.2, -0.15) is 18.3 Å². The first kappa shape index (κ1) is 22.5. The van der Waals surface area contributed by atoms with E-state index in [4.69, 9.17) is 0 Å². The highest BCUT2D eigenvalue weighted by molar-refractivity contribution is 5.75. The van der Waals surface area contributed by atoms with Gasteiger partial charge in [-0.25, -0.2) is 4.39 Å². The Kier molecular flexibility index (Phi) is 6.15. The van der Waals surface area contributed by atoms with E-state index < -0.39 is 17.4 Å². The predicted octanol–water partition coefficient (Wildman–Crippen LogP) is 6.36. The maximum atomic E-state index is 14.8. The molecule has 3 rings (SSSR count). The average Bonchev–Trinajstić information content (AvgIpc) is 3.08. The van der Waals surface area contributed by atoms with Crippen molar-refractivity contribution in [1.29, 1.82) is 0 Å². The number of halogens is 4. The highest BCUT2D eigenvalue weighted by Gasteiger charge is 2.48. The van der Waals surface area contributed by atoms with Crippen molar-refractivity contribution in [3.8, 4) is 0 Å². The molecular formula is C24H22F4N2O. The van der Waals surface area contributed by atoms with Crippen molar-refractivity contribution in [2.24, 2.45) is 0 Å². The van der Waals surface area contributed by atoms with Crippen LogP contribution in [0.5, 0.6) is 0 Å². The Bertz CT molecular complexity index is 1110. The first-order chi connectivity index (χ1) is 14.5. The molecule has 0 spiro atoms. The number of carbonyl (C=O) groups is 1. The summed E-state index contributed by atoms with van der Waals surface area (Å²) >= 11 is 0. The minimum atomic E-state index is -4.38. The molecular weight excluding hydrogens is 408 g/mol. The molecule has 2 aromatic carbocycles. The Labute approximate surface area is 178 Å². The molecule has 0 radical (unpaired) electrons. The molecule has 0 fully saturated rings. The number of benzene rings is 2. The van der Waals surface area contributed by atoms with E-state index in [9.17, 15) is 22.4 Å². The van der Waals surface area contributed by atoms with Crippen LogP contribution in [-0.2, 0) is 12.0 Å². The van der Waals surface area contributed by atoms with Crippen LogP contribution in [0.3, 0.4) is 0 Å². The van der Waals surface area contributed by atoms with Gasteiger partial charge in [0.25, 0.3) is 0 Å². The van der Waals surface area contributed by atoms with E-state index in [1.165, 1.54) is 30.3 Å². The predicted molar refractivity (Wildman–Crippen MR) is 112 cm³/mol. The highest BCUT2D eigenvalue weighted by atomic mass is 19.4. The quantitative estimate of drug-likeness (QED) is 0.337. The molecule has 0 aliphatic heterocycles. The molecule has 0 unspecified atom stereocenters. The number of hydrogen-bond acceptors (Lipinski definition) is 2.